The molecule has 2 fully saturated rings. The first-order valence-electron chi connectivity index (χ1n) is 7.74. The summed E-state index contributed by atoms with van der Waals surface area (Å²) in [6, 6.07) is 2.26. The second-order valence-electron chi connectivity index (χ2n) is 5.87. The highest BCUT2D eigenvalue weighted by Crippen LogP contribution is 2.36. The number of rotatable bonds is 1. The van der Waals surface area contributed by atoms with E-state index >= 15 is 0 Å². The molecule has 2 aliphatic rings. The number of amides is 1. The fourth-order valence-electron chi connectivity index (χ4n) is 3.60. The maximum absolute atomic E-state index is 12.7. The predicted molar refractivity (Wildman–Crippen MR) is 81.6 cm³/mol. The molecular formula is C17H21N3O. The second-order valence-corrected chi connectivity index (χ2v) is 5.87. The molecular weight excluding hydrogens is 262 g/mol. The summed E-state index contributed by atoms with van der Waals surface area (Å²) in [6.45, 7) is 1.20. The number of fused-ring (bicyclic) bond motifs is 1. The molecule has 0 bridgehead atoms. The molecule has 1 aliphatic carbocycles. The molecule has 1 aromatic rings. The van der Waals surface area contributed by atoms with Crippen LogP contribution in [0.15, 0.2) is 18.5 Å². The van der Waals surface area contributed by atoms with Crippen molar-refractivity contribution in [2.24, 2.45) is 11.7 Å². The van der Waals surface area contributed by atoms with Crippen LogP contribution in [0.4, 0.5) is 0 Å². The van der Waals surface area contributed by atoms with Gasteiger partial charge in [0.25, 0.3) is 5.91 Å². The topological polar surface area (TPSA) is 59.2 Å². The summed E-state index contributed by atoms with van der Waals surface area (Å²) < 4.78 is 0. The Bertz CT molecular complexity index is 587. The van der Waals surface area contributed by atoms with Crippen molar-refractivity contribution in [1.82, 2.24) is 9.88 Å². The van der Waals surface area contributed by atoms with Crippen LogP contribution in [0.1, 0.15) is 48.0 Å². The lowest BCUT2D eigenvalue weighted by Gasteiger charge is -2.31. The van der Waals surface area contributed by atoms with Crippen LogP contribution in [0.25, 0.3) is 0 Å². The van der Waals surface area contributed by atoms with Crippen molar-refractivity contribution in [2.75, 3.05) is 13.1 Å². The van der Waals surface area contributed by atoms with Crippen LogP contribution in [-0.4, -0.2) is 34.9 Å². The molecule has 4 heteroatoms. The van der Waals surface area contributed by atoms with Gasteiger partial charge < -0.3 is 10.6 Å². The van der Waals surface area contributed by atoms with Gasteiger partial charge in [-0.15, -0.1) is 0 Å². The van der Waals surface area contributed by atoms with Gasteiger partial charge in [0.05, 0.1) is 12.1 Å². The Hall–Kier alpha value is -1.86. The SMILES string of the molecule is NCC#Cc1cncc(C(=O)N2CCC3CCCCC32)c1. The Morgan fingerprint density at radius 1 is 1.33 bits per heavy atom. The second kappa shape index (κ2) is 6.28. The Morgan fingerprint density at radius 2 is 2.19 bits per heavy atom. The monoisotopic (exact) mass is 283 g/mol. The van der Waals surface area contributed by atoms with Crippen molar-refractivity contribution in [3.05, 3.63) is 29.6 Å². The van der Waals surface area contributed by atoms with E-state index in [4.69, 9.17) is 5.73 Å². The molecule has 2 heterocycles. The maximum atomic E-state index is 12.7. The van der Waals surface area contributed by atoms with E-state index in [9.17, 15) is 4.79 Å². The first-order chi connectivity index (χ1) is 10.3. The van der Waals surface area contributed by atoms with Gasteiger partial charge in [-0.3, -0.25) is 9.78 Å². The number of aromatic nitrogens is 1. The van der Waals surface area contributed by atoms with Crippen LogP contribution in [-0.2, 0) is 0 Å². The minimum atomic E-state index is 0.105. The quantitative estimate of drug-likeness (QED) is 0.799. The molecule has 0 spiro atoms. The molecule has 2 atom stereocenters. The van der Waals surface area contributed by atoms with E-state index in [0.29, 0.717) is 24.1 Å². The Balaban J connectivity index is 1.79. The van der Waals surface area contributed by atoms with Gasteiger partial charge in [-0.25, -0.2) is 0 Å². The Kier molecular flexibility index (Phi) is 4.21. The van der Waals surface area contributed by atoms with E-state index in [1.165, 1.54) is 19.3 Å². The molecule has 1 amide bonds. The van der Waals surface area contributed by atoms with Crippen LogP contribution < -0.4 is 5.73 Å². The van der Waals surface area contributed by atoms with Crippen LogP contribution in [0, 0.1) is 17.8 Å². The normalized spacial score (nSPS) is 24.1. The van der Waals surface area contributed by atoms with Gasteiger partial charge in [0, 0.05) is 30.5 Å². The first-order valence-corrected chi connectivity index (χ1v) is 7.74. The van der Waals surface area contributed by atoms with Crippen molar-refractivity contribution >= 4 is 5.91 Å². The van der Waals surface area contributed by atoms with Gasteiger partial charge in [0.15, 0.2) is 0 Å². The van der Waals surface area contributed by atoms with Gasteiger partial charge in [0.1, 0.15) is 0 Å². The van der Waals surface area contributed by atoms with Gasteiger partial charge >= 0.3 is 0 Å². The third-order valence-electron chi connectivity index (χ3n) is 4.59. The number of likely N-dealkylation sites (tertiary alicyclic amines) is 1. The summed E-state index contributed by atoms with van der Waals surface area (Å²) >= 11 is 0. The summed E-state index contributed by atoms with van der Waals surface area (Å²) in [4.78, 5) is 18.9. The van der Waals surface area contributed by atoms with Crippen LogP contribution >= 0.6 is 0 Å². The molecule has 4 nitrogen and oxygen atoms in total. The molecule has 0 aromatic carbocycles. The zero-order valence-electron chi connectivity index (χ0n) is 12.2. The molecule has 2 N–H and O–H groups in total. The molecule has 21 heavy (non-hydrogen) atoms. The van der Waals surface area contributed by atoms with E-state index in [1.807, 2.05) is 6.07 Å². The average Bonchev–Trinajstić information content (AvgIpc) is 2.96. The molecule has 110 valence electrons. The van der Waals surface area contributed by atoms with E-state index in [1.54, 1.807) is 12.4 Å². The Morgan fingerprint density at radius 3 is 3.05 bits per heavy atom. The number of hydrogen-bond donors (Lipinski definition) is 1. The number of carbonyl (C=O) groups excluding carboxylic acids is 1. The summed E-state index contributed by atoms with van der Waals surface area (Å²) in [7, 11) is 0. The van der Waals surface area contributed by atoms with Gasteiger partial charge in [0.2, 0.25) is 0 Å². The van der Waals surface area contributed by atoms with Crippen LogP contribution in [0.2, 0.25) is 0 Å². The van der Waals surface area contributed by atoms with E-state index in [-0.39, 0.29) is 5.91 Å². The highest BCUT2D eigenvalue weighted by molar-refractivity contribution is 5.94. The number of hydrogen-bond acceptors (Lipinski definition) is 3. The minimum Gasteiger partial charge on any atom is -0.335 e. The molecule has 1 saturated carbocycles. The average molecular weight is 283 g/mol. The summed E-state index contributed by atoms with van der Waals surface area (Å²) in [5.74, 6) is 6.55. The van der Waals surface area contributed by atoms with Gasteiger partial charge in [-0.05, 0) is 31.2 Å². The van der Waals surface area contributed by atoms with Crippen molar-refractivity contribution in [3.63, 3.8) is 0 Å². The van der Waals surface area contributed by atoms with Crippen molar-refractivity contribution in [1.29, 1.82) is 0 Å². The molecule has 1 saturated heterocycles. The lowest BCUT2D eigenvalue weighted by atomic mass is 9.85. The zero-order chi connectivity index (χ0) is 14.7. The van der Waals surface area contributed by atoms with Gasteiger partial charge in [-0.2, -0.15) is 0 Å². The van der Waals surface area contributed by atoms with Crippen LogP contribution in [0.3, 0.4) is 0 Å². The van der Waals surface area contributed by atoms with E-state index < -0.39 is 0 Å². The molecule has 3 rings (SSSR count). The lowest BCUT2D eigenvalue weighted by Crippen LogP contribution is -2.39. The number of nitrogens with zero attached hydrogens (tertiary/aromatic N) is 2. The van der Waals surface area contributed by atoms with E-state index in [2.05, 4.69) is 21.7 Å². The number of nitrogens with two attached hydrogens (primary N) is 1. The lowest BCUT2D eigenvalue weighted by molar-refractivity contribution is 0.0689. The first kappa shape index (κ1) is 14.1. The Labute approximate surface area is 125 Å². The standard InChI is InChI=1S/C17H21N3O/c18-8-3-4-13-10-15(12-19-11-13)17(21)20-9-7-14-5-1-2-6-16(14)20/h10-12,14,16H,1-2,5-9,18H2. The molecule has 1 aliphatic heterocycles. The minimum absolute atomic E-state index is 0.105. The van der Waals surface area contributed by atoms with E-state index in [0.717, 1.165) is 24.9 Å². The smallest absolute Gasteiger partial charge is 0.255 e. The predicted octanol–water partition coefficient (Wildman–Crippen LogP) is 1.80. The third-order valence-corrected chi connectivity index (χ3v) is 4.59. The van der Waals surface area contributed by atoms with Gasteiger partial charge in [-0.1, -0.05) is 24.7 Å². The summed E-state index contributed by atoms with van der Waals surface area (Å²) in [5, 5.41) is 0. The van der Waals surface area contributed by atoms with Crippen molar-refractivity contribution < 1.29 is 4.79 Å². The largest absolute Gasteiger partial charge is 0.335 e. The maximum Gasteiger partial charge on any atom is 0.255 e. The van der Waals surface area contributed by atoms with Crippen molar-refractivity contribution in [3.8, 4) is 11.8 Å². The molecule has 2 unspecified atom stereocenters. The zero-order valence-corrected chi connectivity index (χ0v) is 12.2. The van der Waals surface area contributed by atoms with Crippen LogP contribution in [0.5, 0.6) is 0 Å². The third kappa shape index (κ3) is 2.93. The summed E-state index contributed by atoms with van der Waals surface area (Å²) in [5.41, 5.74) is 6.78. The number of pyridine rings is 1. The highest BCUT2D eigenvalue weighted by Gasteiger charge is 2.38. The fourth-order valence-corrected chi connectivity index (χ4v) is 3.60. The fraction of sp³-hybridized carbons (Fsp3) is 0.529. The number of carbonyl (C=O) groups is 1. The molecule has 0 radical (unpaired) electrons. The van der Waals surface area contributed by atoms with Crippen molar-refractivity contribution in [2.45, 2.75) is 38.1 Å². The summed E-state index contributed by atoms with van der Waals surface area (Å²) in [6.07, 6.45) is 9.45. The highest BCUT2D eigenvalue weighted by atomic mass is 16.2. The molecule has 1 aromatic heterocycles.